The second-order valence-corrected chi connectivity index (χ2v) is 7.07. The lowest BCUT2D eigenvalue weighted by Gasteiger charge is -2.37. The van der Waals surface area contributed by atoms with Crippen molar-refractivity contribution in [2.75, 3.05) is 53.9 Å². The monoisotopic (exact) mass is 511 g/mol. The molecular weight excluding hydrogens is 481 g/mol. The van der Waals surface area contributed by atoms with Crippen molar-refractivity contribution in [2.45, 2.75) is 6.04 Å². The van der Waals surface area contributed by atoms with E-state index in [1.807, 2.05) is 11.0 Å². The second kappa shape index (κ2) is 11.2. The first-order chi connectivity index (χ1) is 13.6. The van der Waals surface area contributed by atoms with E-state index in [0.717, 1.165) is 25.6 Å². The number of benzene rings is 1. The highest BCUT2D eigenvalue weighted by atomic mass is 127. The highest BCUT2D eigenvalue weighted by molar-refractivity contribution is 14.0. The number of amides is 1. The van der Waals surface area contributed by atoms with Crippen molar-refractivity contribution in [1.82, 2.24) is 20.0 Å². The lowest BCUT2D eigenvalue weighted by atomic mass is 10.1. The fourth-order valence-corrected chi connectivity index (χ4v) is 3.47. The van der Waals surface area contributed by atoms with Gasteiger partial charge in [-0.2, -0.15) is 0 Å². The number of likely N-dealkylation sites (N-methyl/N-ethyl adjacent to an activating group) is 1. The molecule has 1 aliphatic rings. The predicted molar refractivity (Wildman–Crippen MR) is 126 cm³/mol. The fourth-order valence-electron chi connectivity index (χ4n) is 3.47. The van der Waals surface area contributed by atoms with Crippen LogP contribution in [0.5, 0.6) is 0 Å². The number of nitrogens with zero attached hydrogens (tertiary/aromatic N) is 4. The minimum Gasteiger partial charge on any atom is -0.459 e. The standard InChI is InChI=1S/C21H29N5O2.HI/c1-22-21(23-16-18(24(2)3)17-8-5-4-6-9-17)26-13-11-25(12-14-26)20(27)19-10-7-15-28-19;/h4-10,15,18H,11-14,16H2,1-3H3,(H,22,23);1H. The van der Waals surface area contributed by atoms with Crippen LogP contribution in [0.3, 0.4) is 0 Å². The molecule has 0 aliphatic carbocycles. The average molecular weight is 511 g/mol. The molecule has 1 atom stereocenters. The Hall–Kier alpha value is -2.07. The van der Waals surface area contributed by atoms with E-state index in [4.69, 9.17) is 4.42 Å². The van der Waals surface area contributed by atoms with Gasteiger partial charge in [0.1, 0.15) is 0 Å². The highest BCUT2D eigenvalue weighted by Gasteiger charge is 2.25. The third-order valence-electron chi connectivity index (χ3n) is 5.07. The Kier molecular flexibility index (Phi) is 8.97. The number of carbonyl (C=O) groups excluding carboxylic acids is 1. The summed E-state index contributed by atoms with van der Waals surface area (Å²) >= 11 is 0. The lowest BCUT2D eigenvalue weighted by molar-refractivity contribution is 0.0657. The molecule has 1 fully saturated rings. The van der Waals surface area contributed by atoms with Gasteiger partial charge in [-0.1, -0.05) is 30.3 Å². The van der Waals surface area contributed by atoms with E-state index < -0.39 is 0 Å². The lowest BCUT2D eigenvalue weighted by Crippen LogP contribution is -2.54. The summed E-state index contributed by atoms with van der Waals surface area (Å²) < 4.78 is 5.23. The van der Waals surface area contributed by atoms with Gasteiger partial charge in [0.2, 0.25) is 0 Å². The highest BCUT2D eigenvalue weighted by Crippen LogP contribution is 2.17. The Bertz CT molecular complexity index is 772. The molecule has 8 heteroatoms. The van der Waals surface area contributed by atoms with Gasteiger partial charge in [0, 0.05) is 39.8 Å². The van der Waals surface area contributed by atoms with E-state index >= 15 is 0 Å². The number of rotatable bonds is 5. The Morgan fingerprint density at radius 2 is 1.76 bits per heavy atom. The van der Waals surface area contributed by atoms with E-state index in [9.17, 15) is 4.79 Å². The Morgan fingerprint density at radius 1 is 1.10 bits per heavy atom. The molecule has 3 rings (SSSR count). The topological polar surface area (TPSA) is 64.3 Å². The number of furan rings is 1. The molecule has 0 radical (unpaired) electrons. The molecule has 7 nitrogen and oxygen atoms in total. The first-order valence-corrected chi connectivity index (χ1v) is 9.60. The smallest absolute Gasteiger partial charge is 0.289 e. The third-order valence-corrected chi connectivity index (χ3v) is 5.07. The average Bonchev–Trinajstić information content (AvgIpc) is 3.26. The maximum absolute atomic E-state index is 12.4. The number of nitrogens with one attached hydrogen (secondary N) is 1. The molecule has 1 unspecified atom stereocenters. The van der Waals surface area contributed by atoms with Crippen LogP contribution in [0.2, 0.25) is 0 Å². The summed E-state index contributed by atoms with van der Waals surface area (Å²) in [5.41, 5.74) is 1.27. The van der Waals surface area contributed by atoms with Crippen molar-refractivity contribution in [1.29, 1.82) is 0 Å². The summed E-state index contributed by atoms with van der Waals surface area (Å²) in [6.45, 7) is 3.54. The molecule has 1 N–H and O–H groups in total. The van der Waals surface area contributed by atoms with Gasteiger partial charge in [-0.25, -0.2) is 0 Å². The number of carbonyl (C=O) groups is 1. The molecule has 29 heavy (non-hydrogen) atoms. The minimum absolute atomic E-state index is 0. The Morgan fingerprint density at radius 3 is 2.31 bits per heavy atom. The van der Waals surface area contributed by atoms with Gasteiger partial charge in [-0.05, 0) is 31.8 Å². The van der Waals surface area contributed by atoms with Crippen LogP contribution in [0.1, 0.15) is 22.2 Å². The number of hydrogen-bond acceptors (Lipinski definition) is 4. The van der Waals surface area contributed by atoms with Gasteiger partial charge in [-0.15, -0.1) is 24.0 Å². The molecule has 1 aromatic heterocycles. The van der Waals surface area contributed by atoms with E-state index in [0.29, 0.717) is 18.8 Å². The molecule has 0 bridgehead atoms. The molecule has 158 valence electrons. The second-order valence-electron chi connectivity index (χ2n) is 7.07. The summed E-state index contributed by atoms with van der Waals surface area (Å²) in [7, 11) is 5.97. The van der Waals surface area contributed by atoms with Gasteiger partial charge < -0.3 is 24.4 Å². The number of guanidine groups is 1. The fraction of sp³-hybridized carbons (Fsp3) is 0.429. The van der Waals surface area contributed by atoms with Crippen LogP contribution < -0.4 is 5.32 Å². The molecule has 1 saturated heterocycles. The van der Waals surface area contributed by atoms with Gasteiger partial charge in [0.15, 0.2) is 11.7 Å². The largest absolute Gasteiger partial charge is 0.459 e. The van der Waals surface area contributed by atoms with Crippen LogP contribution in [0, 0.1) is 0 Å². The van der Waals surface area contributed by atoms with Crippen molar-refractivity contribution in [3.63, 3.8) is 0 Å². The van der Waals surface area contributed by atoms with Crippen molar-refractivity contribution in [3.8, 4) is 0 Å². The summed E-state index contributed by atoms with van der Waals surface area (Å²) in [6.07, 6.45) is 1.53. The van der Waals surface area contributed by atoms with Gasteiger partial charge >= 0.3 is 0 Å². The molecule has 2 heterocycles. The van der Waals surface area contributed by atoms with Crippen LogP contribution in [0.25, 0.3) is 0 Å². The first kappa shape index (κ1) is 23.2. The Labute approximate surface area is 189 Å². The van der Waals surface area contributed by atoms with Crippen molar-refractivity contribution in [3.05, 3.63) is 60.1 Å². The summed E-state index contributed by atoms with van der Waals surface area (Å²) in [5.74, 6) is 1.21. The predicted octanol–water partition coefficient (Wildman–Crippen LogP) is 2.53. The molecular formula is C21H30IN5O2. The number of halogens is 1. The van der Waals surface area contributed by atoms with Crippen molar-refractivity contribution in [2.24, 2.45) is 4.99 Å². The van der Waals surface area contributed by atoms with Crippen LogP contribution in [-0.2, 0) is 0 Å². The van der Waals surface area contributed by atoms with E-state index in [2.05, 4.69) is 58.5 Å². The first-order valence-electron chi connectivity index (χ1n) is 9.60. The molecule has 2 aromatic rings. The SMILES string of the molecule is CN=C(NCC(c1ccccc1)N(C)C)N1CCN(C(=O)c2ccco2)CC1.I. The third kappa shape index (κ3) is 5.96. The van der Waals surface area contributed by atoms with E-state index in [-0.39, 0.29) is 35.9 Å². The van der Waals surface area contributed by atoms with Crippen molar-refractivity contribution < 1.29 is 9.21 Å². The van der Waals surface area contributed by atoms with Crippen LogP contribution >= 0.6 is 24.0 Å². The summed E-state index contributed by atoms with van der Waals surface area (Å²) in [5, 5.41) is 3.50. The van der Waals surface area contributed by atoms with Gasteiger partial charge in [-0.3, -0.25) is 9.79 Å². The number of piperazine rings is 1. The Balaban J connectivity index is 0.00000300. The van der Waals surface area contributed by atoms with Gasteiger partial charge in [0.25, 0.3) is 5.91 Å². The van der Waals surface area contributed by atoms with E-state index in [1.165, 1.54) is 11.8 Å². The summed E-state index contributed by atoms with van der Waals surface area (Å²) in [4.78, 5) is 23.1. The van der Waals surface area contributed by atoms with E-state index in [1.54, 1.807) is 19.2 Å². The van der Waals surface area contributed by atoms with Gasteiger partial charge in [0.05, 0.1) is 12.3 Å². The molecule has 1 aliphatic heterocycles. The molecule has 1 amide bonds. The zero-order chi connectivity index (χ0) is 19.9. The zero-order valence-corrected chi connectivity index (χ0v) is 19.6. The number of aliphatic imine (C=N–C) groups is 1. The maximum atomic E-state index is 12.4. The maximum Gasteiger partial charge on any atom is 0.289 e. The minimum atomic E-state index is -0.0515. The number of hydrogen-bond donors (Lipinski definition) is 1. The van der Waals surface area contributed by atoms with Crippen LogP contribution in [0.15, 0.2) is 58.1 Å². The quantitative estimate of drug-likeness (QED) is 0.380. The molecule has 1 aromatic carbocycles. The zero-order valence-electron chi connectivity index (χ0n) is 17.2. The normalized spacial score (nSPS) is 15.8. The molecule has 0 saturated carbocycles. The van der Waals surface area contributed by atoms with Crippen molar-refractivity contribution >= 4 is 35.8 Å². The summed E-state index contributed by atoms with van der Waals surface area (Å²) in [6, 6.07) is 14.2. The molecule has 0 spiro atoms. The van der Waals surface area contributed by atoms with Crippen LogP contribution in [-0.4, -0.2) is 80.4 Å². The van der Waals surface area contributed by atoms with Crippen LogP contribution in [0.4, 0.5) is 0 Å².